The van der Waals surface area contributed by atoms with Crippen LogP contribution in [0.3, 0.4) is 0 Å². The first-order valence-corrected chi connectivity index (χ1v) is 7.07. The van der Waals surface area contributed by atoms with Crippen molar-refractivity contribution in [1.29, 1.82) is 0 Å². The summed E-state index contributed by atoms with van der Waals surface area (Å²) < 4.78 is 19.6. The fourth-order valence-corrected chi connectivity index (χ4v) is 2.05. The van der Waals surface area contributed by atoms with Crippen LogP contribution in [-0.2, 0) is 16.6 Å². The Morgan fingerprint density at radius 2 is 1.87 bits per heavy atom. The first-order valence-electron chi connectivity index (χ1n) is 7.07. The van der Waals surface area contributed by atoms with E-state index >= 15 is 0 Å². The Kier molecular flexibility index (Phi) is 4.78. The number of aryl methyl sites for hydroxylation is 2. The summed E-state index contributed by atoms with van der Waals surface area (Å²) in [5, 5.41) is 6.90. The summed E-state index contributed by atoms with van der Waals surface area (Å²) in [5.74, 6) is -1.60. The molecule has 0 saturated carbocycles. The van der Waals surface area contributed by atoms with Crippen LogP contribution in [-0.4, -0.2) is 27.8 Å². The van der Waals surface area contributed by atoms with Crippen LogP contribution in [0.25, 0.3) is 0 Å². The first kappa shape index (κ1) is 16.7. The molecule has 7 heteroatoms. The highest BCUT2D eigenvalue weighted by Crippen LogP contribution is 2.19. The van der Waals surface area contributed by atoms with Crippen LogP contribution >= 0.6 is 0 Å². The summed E-state index contributed by atoms with van der Waals surface area (Å²) >= 11 is 0. The molecule has 1 amide bonds. The van der Waals surface area contributed by atoms with Crippen LogP contribution in [0.4, 0.5) is 10.1 Å². The number of anilines is 1. The number of aromatic nitrogens is 2. The molecule has 0 bridgehead atoms. The maximum absolute atomic E-state index is 12.8. The van der Waals surface area contributed by atoms with E-state index in [4.69, 9.17) is 4.74 Å². The lowest BCUT2D eigenvalue weighted by Crippen LogP contribution is -2.30. The van der Waals surface area contributed by atoms with E-state index in [1.54, 1.807) is 18.7 Å². The summed E-state index contributed by atoms with van der Waals surface area (Å²) in [6.45, 7) is 5.07. The fourth-order valence-electron chi connectivity index (χ4n) is 2.05. The zero-order valence-corrected chi connectivity index (χ0v) is 13.4. The van der Waals surface area contributed by atoms with Gasteiger partial charge in [-0.05, 0) is 45.0 Å². The summed E-state index contributed by atoms with van der Waals surface area (Å²) in [6.07, 6.45) is -0.994. The third-order valence-electron chi connectivity index (χ3n) is 3.49. The molecule has 122 valence electrons. The minimum Gasteiger partial charge on any atom is -0.449 e. The molecule has 23 heavy (non-hydrogen) atoms. The third kappa shape index (κ3) is 3.74. The van der Waals surface area contributed by atoms with E-state index in [2.05, 4.69) is 10.4 Å². The second kappa shape index (κ2) is 6.60. The number of ether oxygens (including phenoxy) is 1. The smallest absolute Gasteiger partial charge is 0.338 e. The molecular formula is C16H18FN3O3. The quantitative estimate of drug-likeness (QED) is 0.878. The maximum atomic E-state index is 12.8. The number of carbonyl (C=O) groups is 2. The number of amides is 1. The van der Waals surface area contributed by atoms with E-state index in [-0.39, 0.29) is 5.56 Å². The second-order valence-electron chi connectivity index (χ2n) is 5.21. The molecule has 0 radical (unpaired) electrons. The molecule has 0 aliphatic rings. The molecule has 0 unspecified atom stereocenters. The van der Waals surface area contributed by atoms with Crippen molar-refractivity contribution in [2.45, 2.75) is 26.9 Å². The van der Waals surface area contributed by atoms with Gasteiger partial charge in [0, 0.05) is 7.05 Å². The zero-order valence-electron chi connectivity index (χ0n) is 13.4. The van der Waals surface area contributed by atoms with Crippen LogP contribution in [0.15, 0.2) is 24.3 Å². The lowest BCUT2D eigenvalue weighted by molar-refractivity contribution is -0.123. The van der Waals surface area contributed by atoms with Gasteiger partial charge in [0.25, 0.3) is 5.91 Å². The Balaban J connectivity index is 2.02. The molecular weight excluding hydrogens is 301 g/mol. The normalized spacial score (nSPS) is 11.9. The molecule has 1 heterocycles. The van der Waals surface area contributed by atoms with Gasteiger partial charge in [-0.3, -0.25) is 9.48 Å². The average Bonchev–Trinajstić information content (AvgIpc) is 2.74. The molecule has 0 aliphatic carbocycles. The number of nitrogens with zero attached hydrogens (tertiary/aromatic N) is 2. The number of esters is 1. The van der Waals surface area contributed by atoms with Gasteiger partial charge in [0.1, 0.15) is 5.82 Å². The van der Waals surface area contributed by atoms with E-state index in [0.29, 0.717) is 11.4 Å². The Hall–Kier alpha value is -2.70. The van der Waals surface area contributed by atoms with Crippen molar-refractivity contribution >= 4 is 17.6 Å². The topological polar surface area (TPSA) is 73.2 Å². The van der Waals surface area contributed by atoms with Crippen molar-refractivity contribution in [2.24, 2.45) is 7.05 Å². The van der Waals surface area contributed by atoms with Crippen molar-refractivity contribution in [1.82, 2.24) is 9.78 Å². The predicted octanol–water partition coefficient (Wildman–Crippen LogP) is 2.36. The lowest BCUT2D eigenvalue weighted by atomic mass is 10.2. The Bertz CT molecular complexity index is 738. The summed E-state index contributed by atoms with van der Waals surface area (Å²) in [4.78, 5) is 24.1. The van der Waals surface area contributed by atoms with Gasteiger partial charge in [-0.2, -0.15) is 5.10 Å². The molecule has 1 aromatic heterocycles. The number of nitrogens with one attached hydrogen (secondary N) is 1. The summed E-state index contributed by atoms with van der Waals surface area (Å²) in [6, 6.07) is 4.92. The molecule has 0 saturated heterocycles. The number of rotatable bonds is 4. The molecule has 0 fully saturated rings. The van der Waals surface area contributed by atoms with E-state index in [0.717, 1.165) is 17.8 Å². The van der Waals surface area contributed by atoms with Gasteiger partial charge in [0.15, 0.2) is 6.10 Å². The van der Waals surface area contributed by atoms with Crippen molar-refractivity contribution in [3.8, 4) is 0 Å². The van der Waals surface area contributed by atoms with Crippen molar-refractivity contribution in [3.63, 3.8) is 0 Å². The van der Waals surface area contributed by atoms with Crippen LogP contribution in [0.2, 0.25) is 0 Å². The monoisotopic (exact) mass is 319 g/mol. The van der Waals surface area contributed by atoms with E-state index in [9.17, 15) is 14.0 Å². The van der Waals surface area contributed by atoms with Gasteiger partial charge in [0.05, 0.1) is 22.6 Å². The number of hydrogen-bond acceptors (Lipinski definition) is 4. The van der Waals surface area contributed by atoms with E-state index in [1.165, 1.54) is 19.1 Å². The van der Waals surface area contributed by atoms with Crippen LogP contribution in [0.5, 0.6) is 0 Å². The molecule has 1 aromatic carbocycles. The second-order valence-corrected chi connectivity index (χ2v) is 5.21. The maximum Gasteiger partial charge on any atom is 0.338 e. The SMILES string of the molecule is Cc1nn(C)c(C)c1NC(=O)[C@@H](C)OC(=O)c1ccc(F)cc1. The summed E-state index contributed by atoms with van der Waals surface area (Å²) in [5.41, 5.74) is 2.25. The minimum atomic E-state index is -0.994. The van der Waals surface area contributed by atoms with E-state index < -0.39 is 23.8 Å². The Morgan fingerprint density at radius 1 is 1.26 bits per heavy atom. The number of halogens is 1. The Labute approximate surface area is 133 Å². The third-order valence-corrected chi connectivity index (χ3v) is 3.49. The average molecular weight is 319 g/mol. The number of hydrogen-bond donors (Lipinski definition) is 1. The van der Waals surface area contributed by atoms with E-state index in [1.807, 2.05) is 6.92 Å². The van der Waals surface area contributed by atoms with Gasteiger partial charge in [0.2, 0.25) is 0 Å². The molecule has 2 rings (SSSR count). The molecule has 1 atom stereocenters. The first-order chi connectivity index (χ1) is 10.8. The number of carbonyl (C=O) groups excluding carboxylic acids is 2. The predicted molar refractivity (Wildman–Crippen MR) is 82.6 cm³/mol. The lowest BCUT2D eigenvalue weighted by Gasteiger charge is -2.13. The van der Waals surface area contributed by atoms with Gasteiger partial charge in [-0.25, -0.2) is 9.18 Å². The van der Waals surface area contributed by atoms with Crippen molar-refractivity contribution in [3.05, 3.63) is 47.0 Å². The molecule has 2 aromatic rings. The highest BCUT2D eigenvalue weighted by Gasteiger charge is 2.21. The largest absolute Gasteiger partial charge is 0.449 e. The Morgan fingerprint density at radius 3 is 2.39 bits per heavy atom. The van der Waals surface area contributed by atoms with Gasteiger partial charge in [-0.1, -0.05) is 0 Å². The molecule has 0 aliphatic heterocycles. The van der Waals surface area contributed by atoms with Gasteiger partial charge < -0.3 is 10.1 Å². The van der Waals surface area contributed by atoms with Crippen molar-refractivity contribution < 1.29 is 18.7 Å². The van der Waals surface area contributed by atoms with Crippen molar-refractivity contribution in [2.75, 3.05) is 5.32 Å². The van der Waals surface area contributed by atoms with Gasteiger partial charge >= 0.3 is 5.97 Å². The minimum absolute atomic E-state index is 0.180. The molecule has 6 nitrogen and oxygen atoms in total. The highest BCUT2D eigenvalue weighted by atomic mass is 19.1. The molecule has 0 spiro atoms. The summed E-state index contributed by atoms with van der Waals surface area (Å²) in [7, 11) is 1.77. The standard InChI is InChI=1S/C16H18FN3O3/c1-9-14(10(2)20(4)19-9)18-15(21)11(3)23-16(22)12-5-7-13(17)8-6-12/h5-8,11H,1-4H3,(H,18,21)/t11-/m1/s1. The number of benzene rings is 1. The van der Waals surface area contributed by atoms with Crippen LogP contribution < -0.4 is 5.32 Å². The fraction of sp³-hybridized carbons (Fsp3) is 0.312. The van der Waals surface area contributed by atoms with Gasteiger partial charge in [-0.15, -0.1) is 0 Å². The van der Waals surface area contributed by atoms with Crippen LogP contribution in [0.1, 0.15) is 28.7 Å². The molecule has 1 N–H and O–H groups in total. The van der Waals surface area contributed by atoms with Crippen LogP contribution in [0, 0.1) is 19.7 Å². The zero-order chi connectivity index (χ0) is 17.1. The highest BCUT2D eigenvalue weighted by molar-refractivity contribution is 5.97.